The second-order valence-corrected chi connectivity index (χ2v) is 5.95. The lowest BCUT2D eigenvalue weighted by atomic mass is 9.84. The first-order chi connectivity index (χ1) is 9.11. The zero-order chi connectivity index (χ0) is 13.9. The summed E-state index contributed by atoms with van der Waals surface area (Å²) in [7, 11) is 1.77. The third-order valence-corrected chi connectivity index (χ3v) is 4.61. The van der Waals surface area contributed by atoms with Gasteiger partial charge in [0.05, 0.1) is 12.2 Å². The molecule has 0 radical (unpaired) electrons. The highest BCUT2D eigenvalue weighted by molar-refractivity contribution is 9.10. The second-order valence-electron chi connectivity index (χ2n) is 5.14. The Morgan fingerprint density at radius 1 is 1.47 bits per heavy atom. The summed E-state index contributed by atoms with van der Waals surface area (Å²) in [6, 6.07) is 4.25. The summed E-state index contributed by atoms with van der Waals surface area (Å²) >= 11 is 3.36. The quantitative estimate of drug-likeness (QED) is 0.860. The zero-order valence-electron chi connectivity index (χ0n) is 11.5. The van der Waals surface area contributed by atoms with Gasteiger partial charge in [0.1, 0.15) is 4.60 Å². The van der Waals surface area contributed by atoms with Crippen LogP contribution in [-0.4, -0.2) is 47.8 Å². The number of ether oxygens (including phenoxy) is 1. The van der Waals surface area contributed by atoms with Crippen LogP contribution in [0.5, 0.6) is 0 Å². The fraction of sp³-hybridized carbons (Fsp3) is 0.643. The third kappa shape index (κ3) is 3.16. The van der Waals surface area contributed by atoms with Gasteiger partial charge in [0, 0.05) is 38.0 Å². The third-order valence-electron chi connectivity index (χ3n) is 4.14. The number of halogens is 1. The van der Waals surface area contributed by atoms with E-state index in [1.807, 2.05) is 12.3 Å². The number of piperidine rings is 1. The molecule has 2 rings (SSSR count). The molecule has 5 heteroatoms. The largest absolute Gasteiger partial charge is 0.395 e. The van der Waals surface area contributed by atoms with Crippen molar-refractivity contribution in [1.29, 1.82) is 0 Å². The Labute approximate surface area is 122 Å². The van der Waals surface area contributed by atoms with Crippen molar-refractivity contribution >= 4 is 15.9 Å². The number of aromatic nitrogens is 1. The molecular formula is C14H21BrN2O2. The Morgan fingerprint density at radius 2 is 2.16 bits per heavy atom. The maximum atomic E-state index is 9.23. The van der Waals surface area contributed by atoms with Gasteiger partial charge in [-0.3, -0.25) is 4.90 Å². The molecule has 1 saturated heterocycles. The van der Waals surface area contributed by atoms with Crippen molar-refractivity contribution < 1.29 is 9.84 Å². The maximum Gasteiger partial charge on any atom is 0.106 e. The van der Waals surface area contributed by atoms with Gasteiger partial charge in [0.2, 0.25) is 0 Å². The molecule has 1 aliphatic heterocycles. The van der Waals surface area contributed by atoms with E-state index in [2.05, 4.69) is 38.8 Å². The fourth-order valence-corrected chi connectivity index (χ4v) is 2.93. The summed E-state index contributed by atoms with van der Waals surface area (Å²) in [4.78, 5) is 6.61. The summed E-state index contributed by atoms with van der Waals surface area (Å²) in [6.07, 6.45) is 3.74. The van der Waals surface area contributed by atoms with Crippen molar-refractivity contribution in [3.63, 3.8) is 0 Å². The van der Waals surface area contributed by atoms with Crippen molar-refractivity contribution in [3.8, 4) is 0 Å². The average molecular weight is 329 g/mol. The van der Waals surface area contributed by atoms with Crippen LogP contribution in [0.15, 0.2) is 22.9 Å². The number of nitrogens with zero attached hydrogens (tertiary/aromatic N) is 2. The molecule has 0 aliphatic carbocycles. The van der Waals surface area contributed by atoms with Crippen LogP contribution in [0.1, 0.15) is 25.3 Å². The Hall–Kier alpha value is -0.490. The lowest BCUT2D eigenvalue weighted by molar-refractivity contribution is -0.0712. The fourth-order valence-electron chi connectivity index (χ4n) is 2.70. The first-order valence-corrected chi connectivity index (χ1v) is 7.43. The summed E-state index contributed by atoms with van der Waals surface area (Å²) in [5.74, 6) is 0. The van der Waals surface area contributed by atoms with Crippen LogP contribution in [0.25, 0.3) is 0 Å². The first-order valence-electron chi connectivity index (χ1n) is 6.63. The minimum Gasteiger partial charge on any atom is -0.395 e. The number of pyridine rings is 1. The molecule has 1 aromatic rings. The van der Waals surface area contributed by atoms with Gasteiger partial charge in [-0.2, -0.15) is 0 Å². The van der Waals surface area contributed by atoms with E-state index in [9.17, 15) is 5.11 Å². The van der Waals surface area contributed by atoms with E-state index >= 15 is 0 Å². The predicted molar refractivity (Wildman–Crippen MR) is 78.0 cm³/mol. The highest BCUT2D eigenvalue weighted by atomic mass is 79.9. The van der Waals surface area contributed by atoms with Crippen LogP contribution >= 0.6 is 15.9 Å². The van der Waals surface area contributed by atoms with Crippen LogP contribution in [0.3, 0.4) is 0 Å². The second kappa shape index (κ2) is 6.31. The molecule has 4 nitrogen and oxygen atoms in total. The Kier molecular flexibility index (Phi) is 4.95. The minimum atomic E-state index is -0.237. The standard InChI is InChI=1S/C14H21BrN2O2/c1-11(10-18)17-7-5-14(19-2,6-8-17)12-3-4-13(15)16-9-12/h3-4,9,11,18H,5-8,10H2,1-2H3. The van der Waals surface area contributed by atoms with E-state index in [4.69, 9.17) is 4.74 Å². The van der Waals surface area contributed by atoms with Crippen molar-refractivity contribution in [2.75, 3.05) is 26.8 Å². The van der Waals surface area contributed by atoms with E-state index in [0.29, 0.717) is 0 Å². The normalized spacial score (nSPS) is 21.3. The summed E-state index contributed by atoms with van der Waals surface area (Å²) in [5, 5.41) is 9.23. The number of methoxy groups -OCH3 is 1. The molecule has 2 heterocycles. The summed E-state index contributed by atoms with van der Waals surface area (Å²) in [5.41, 5.74) is 0.897. The van der Waals surface area contributed by atoms with Gasteiger partial charge in [-0.1, -0.05) is 6.07 Å². The maximum absolute atomic E-state index is 9.23. The molecule has 0 aromatic carbocycles. The number of hydrogen-bond acceptors (Lipinski definition) is 4. The number of likely N-dealkylation sites (tertiary alicyclic amines) is 1. The van der Waals surface area contributed by atoms with Gasteiger partial charge in [-0.05, 0) is 41.8 Å². The molecule has 0 bridgehead atoms. The van der Waals surface area contributed by atoms with E-state index in [1.54, 1.807) is 7.11 Å². The van der Waals surface area contributed by atoms with Gasteiger partial charge in [0.25, 0.3) is 0 Å². The van der Waals surface area contributed by atoms with Crippen molar-refractivity contribution in [1.82, 2.24) is 9.88 Å². The summed E-state index contributed by atoms with van der Waals surface area (Å²) < 4.78 is 6.66. The topological polar surface area (TPSA) is 45.6 Å². The van der Waals surface area contributed by atoms with Crippen molar-refractivity contribution in [3.05, 3.63) is 28.5 Å². The SMILES string of the molecule is COC1(c2ccc(Br)nc2)CCN(C(C)CO)CC1. The monoisotopic (exact) mass is 328 g/mol. The Bertz CT molecular complexity index is 402. The van der Waals surface area contributed by atoms with E-state index in [0.717, 1.165) is 36.1 Å². The minimum absolute atomic E-state index is 0.208. The van der Waals surface area contributed by atoms with Crippen LogP contribution < -0.4 is 0 Å². The van der Waals surface area contributed by atoms with Crippen LogP contribution in [0.4, 0.5) is 0 Å². The Morgan fingerprint density at radius 3 is 2.63 bits per heavy atom. The average Bonchev–Trinajstić information content (AvgIpc) is 2.47. The highest BCUT2D eigenvalue weighted by Gasteiger charge is 2.37. The van der Waals surface area contributed by atoms with Gasteiger partial charge in [-0.15, -0.1) is 0 Å². The molecule has 1 atom stereocenters. The smallest absolute Gasteiger partial charge is 0.106 e. The van der Waals surface area contributed by atoms with Gasteiger partial charge < -0.3 is 9.84 Å². The molecule has 1 aliphatic rings. The lowest BCUT2D eigenvalue weighted by Crippen LogP contribution is -2.48. The molecule has 19 heavy (non-hydrogen) atoms. The van der Waals surface area contributed by atoms with Crippen LogP contribution in [0.2, 0.25) is 0 Å². The molecule has 1 unspecified atom stereocenters. The van der Waals surface area contributed by atoms with Crippen molar-refractivity contribution in [2.24, 2.45) is 0 Å². The molecule has 0 saturated carbocycles. The molecule has 0 amide bonds. The molecule has 1 N–H and O–H groups in total. The van der Waals surface area contributed by atoms with Crippen LogP contribution in [0, 0.1) is 0 Å². The zero-order valence-corrected chi connectivity index (χ0v) is 13.1. The number of rotatable bonds is 4. The highest BCUT2D eigenvalue weighted by Crippen LogP contribution is 2.36. The Balaban J connectivity index is 2.11. The van der Waals surface area contributed by atoms with Crippen molar-refractivity contribution in [2.45, 2.75) is 31.4 Å². The number of aliphatic hydroxyl groups is 1. The molecule has 1 aromatic heterocycles. The molecule has 106 valence electrons. The van der Waals surface area contributed by atoms with E-state index in [1.165, 1.54) is 0 Å². The van der Waals surface area contributed by atoms with E-state index < -0.39 is 0 Å². The number of hydrogen-bond donors (Lipinski definition) is 1. The van der Waals surface area contributed by atoms with E-state index in [-0.39, 0.29) is 18.2 Å². The van der Waals surface area contributed by atoms with Crippen LogP contribution in [-0.2, 0) is 10.3 Å². The molecular weight excluding hydrogens is 308 g/mol. The molecule has 0 spiro atoms. The van der Waals surface area contributed by atoms with Gasteiger partial charge in [-0.25, -0.2) is 4.98 Å². The number of aliphatic hydroxyl groups excluding tert-OH is 1. The van der Waals surface area contributed by atoms with Gasteiger partial charge >= 0.3 is 0 Å². The van der Waals surface area contributed by atoms with Gasteiger partial charge in [0.15, 0.2) is 0 Å². The predicted octanol–water partition coefficient (Wildman–Crippen LogP) is 2.16. The lowest BCUT2D eigenvalue weighted by Gasteiger charge is -2.42. The summed E-state index contributed by atoms with van der Waals surface area (Å²) in [6.45, 7) is 4.14. The molecule has 1 fully saturated rings. The first kappa shape index (κ1) is 14.9.